The lowest BCUT2D eigenvalue weighted by Gasteiger charge is -2.28. The van der Waals surface area contributed by atoms with Crippen LogP contribution in [0.3, 0.4) is 0 Å². The van der Waals surface area contributed by atoms with Gasteiger partial charge in [-0.3, -0.25) is 4.79 Å². The fourth-order valence-corrected chi connectivity index (χ4v) is 2.81. The second kappa shape index (κ2) is 6.54. The van der Waals surface area contributed by atoms with Gasteiger partial charge in [-0.05, 0) is 24.3 Å². The van der Waals surface area contributed by atoms with E-state index < -0.39 is 6.61 Å². The molecule has 1 amide bonds. The van der Waals surface area contributed by atoms with Crippen molar-refractivity contribution in [2.24, 2.45) is 0 Å². The summed E-state index contributed by atoms with van der Waals surface area (Å²) in [6.07, 6.45) is 1.39. The third-order valence-electron chi connectivity index (χ3n) is 3.97. The van der Waals surface area contributed by atoms with Gasteiger partial charge in [0.05, 0.1) is 12.2 Å². The molecule has 3 heterocycles. The van der Waals surface area contributed by atoms with Gasteiger partial charge in [-0.25, -0.2) is 4.98 Å². The summed E-state index contributed by atoms with van der Waals surface area (Å²) in [4.78, 5) is 22.2. The number of alkyl halides is 2. The number of piperazine rings is 1. The van der Waals surface area contributed by atoms with Crippen LogP contribution in [0.1, 0.15) is 0 Å². The number of benzene rings is 1. The number of nitrogens with one attached hydrogen (secondary N) is 1. The molecule has 0 atom stereocenters. The van der Waals surface area contributed by atoms with E-state index in [0.717, 1.165) is 0 Å². The lowest BCUT2D eigenvalue weighted by molar-refractivity contribution is -0.120. The average Bonchev–Trinajstić information content (AvgIpc) is 3.09. The van der Waals surface area contributed by atoms with Gasteiger partial charge in [0.15, 0.2) is 0 Å². The Morgan fingerprint density at radius 3 is 2.77 bits per heavy atom. The van der Waals surface area contributed by atoms with E-state index in [-0.39, 0.29) is 18.2 Å². The number of ether oxygens (including phenoxy) is 1. The zero-order valence-corrected chi connectivity index (χ0v) is 13.5. The fourth-order valence-electron chi connectivity index (χ4n) is 2.81. The van der Waals surface area contributed by atoms with E-state index in [1.165, 1.54) is 18.5 Å². The first-order valence-electron chi connectivity index (χ1n) is 7.88. The summed E-state index contributed by atoms with van der Waals surface area (Å²) in [5, 5.41) is 6.94. The highest BCUT2D eigenvalue weighted by atomic mass is 19.3. The van der Waals surface area contributed by atoms with Crippen molar-refractivity contribution in [3.63, 3.8) is 0 Å². The number of amides is 1. The highest BCUT2D eigenvalue weighted by Gasteiger charge is 2.21. The maximum atomic E-state index is 12.3. The zero-order valence-electron chi connectivity index (χ0n) is 13.5. The van der Waals surface area contributed by atoms with E-state index in [4.69, 9.17) is 0 Å². The number of fused-ring (bicyclic) bond motifs is 1. The van der Waals surface area contributed by atoms with Crippen molar-refractivity contribution < 1.29 is 18.3 Å². The van der Waals surface area contributed by atoms with E-state index in [1.54, 1.807) is 22.7 Å². The Morgan fingerprint density at radius 1 is 1.23 bits per heavy atom. The number of hydrogen-bond acceptors (Lipinski definition) is 6. The Labute approximate surface area is 146 Å². The maximum Gasteiger partial charge on any atom is 0.387 e. The Morgan fingerprint density at radius 2 is 2.04 bits per heavy atom. The SMILES string of the molecule is O=C1CN(c2cc(-c3ccc(OC(F)F)cc3)nc3ncnn23)CCN1. The molecule has 1 aromatic carbocycles. The fraction of sp³-hybridized carbons (Fsp3) is 0.250. The van der Waals surface area contributed by atoms with Gasteiger partial charge in [0.25, 0.3) is 5.78 Å². The number of anilines is 1. The predicted octanol–water partition coefficient (Wildman–Crippen LogP) is 1.33. The highest BCUT2D eigenvalue weighted by molar-refractivity contribution is 5.82. The second-order valence-electron chi connectivity index (χ2n) is 5.65. The number of carbonyl (C=O) groups excluding carboxylic acids is 1. The first kappa shape index (κ1) is 16.2. The monoisotopic (exact) mass is 360 g/mol. The predicted molar refractivity (Wildman–Crippen MR) is 88.1 cm³/mol. The van der Waals surface area contributed by atoms with E-state index in [1.807, 2.05) is 4.90 Å². The molecule has 1 aliphatic rings. The van der Waals surface area contributed by atoms with Crippen LogP contribution in [0.2, 0.25) is 0 Å². The van der Waals surface area contributed by atoms with Gasteiger partial charge < -0.3 is 15.0 Å². The van der Waals surface area contributed by atoms with Crippen molar-refractivity contribution >= 4 is 17.5 Å². The van der Waals surface area contributed by atoms with Crippen LogP contribution in [-0.4, -0.2) is 51.7 Å². The first-order valence-corrected chi connectivity index (χ1v) is 7.88. The molecule has 0 spiro atoms. The molecule has 0 radical (unpaired) electrons. The molecule has 134 valence electrons. The Kier molecular flexibility index (Phi) is 4.07. The van der Waals surface area contributed by atoms with Gasteiger partial charge in [-0.1, -0.05) is 0 Å². The standard InChI is InChI=1S/C16H14F2N6O2/c17-15(18)26-11-3-1-10(2-4-11)12-7-14(23-6-5-19-13(25)8-23)24-16(22-12)20-9-21-24/h1-4,7,9,15H,5-6,8H2,(H,19,25). The molecule has 0 bridgehead atoms. The zero-order chi connectivity index (χ0) is 18.1. The second-order valence-corrected chi connectivity index (χ2v) is 5.65. The number of carbonyl (C=O) groups is 1. The molecule has 0 unspecified atom stereocenters. The van der Waals surface area contributed by atoms with Gasteiger partial charge in [0, 0.05) is 24.7 Å². The molecular weight excluding hydrogens is 346 g/mol. The van der Waals surface area contributed by atoms with E-state index in [2.05, 4.69) is 25.1 Å². The average molecular weight is 360 g/mol. The minimum absolute atomic E-state index is 0.0697. The highest BCUT2D eigenvalue weighted by Crippen LogP contribution is 2.26. The minimum atomic E-state index is -2.87. The summed E-state index contributed by atoms with van der Waals surface area (Å²) in [5.74, 6) is 1.07. The number of nitrogens with zero attached hydrogens (tertiary/aromatic N) is 5. The molecule has 0 aliphatic carbocycles. The summed E-state index contributed by atoms with van der Waals surface area (Å²) < 4.78 is 30.5. The lowest BCUT2D eigenvalue weighted by atomic mass is 10.1. The van der Waals surface area contributed by atoms with Crippen molar-refractivity contribution in [2.45, 2.75) is 6.61 Å². The smallest absolute Gasteiger partial charge is 0.387 e. The quantitative estimate of drug-likeness (QED) is 0.756. The van der Waals surface area contributed by atoms with Crippen LogP contribution in [0.5, 0.6) is 5.75 Å². The normalized spacial score (nSPS) is 14.7. The first-order chi connectivity index (χ1) is 12.6. The van der Waals surface area contributed by atoms with Crippen LogP contribution >= 0.6 is 0 Å². The molecule has 0 saturated carbocycles. The van der Waals surface area contributed by atoms with Gasteiger partial charge in [-0.2, -0.15) is 23.4 Å². The summed E-state index contributed by atoms with van der Waals surface area (Å²) in [6.45, 7) is -1.50. The molecular formula is C16H14F2N6O2. The topological polar surface area (TPSA) is 84.7 Å². The van der Waals surface area contributed by atoms with Crippen LogP contribution < -0.4 is 15.0 Å². The van der Waals surface area contributed by atoms with E-state index in [0.29, 0.717) is 35.9 Å². The third-order valence-corrected chi connectivity index (χ3v) is 3.97. The van der Waals surface area contributed by atoms with Crippen LogP contribution in [0.4, 0.5) is 14.6 Å². The van der Waals surface area contributed by atoms with Gasteiger partial charge >= 0.3 is 6.61 Å². The maximum absolute atomic E-state index is 12.3. The van der Waals surface area contributed by atoms with Crippen molar-refractivity contribution in [2.75, 3.05) is 24.5 Å². The van der Waals surface area contributed by atoms with Crippen molar-refractivity contribution in [3.05, 3.63) is 36.7 Å². The molecule has 2 aromatic heterocycles. The molecule has 1 saturated heterocycles. The molecule has 1 N–H and O–H groups in total. The summed E-state index contributed by atoms with van der Waals surface area (Å²) in [5.41, 5.74) is 1.30. The number of halogens is 2. The van der Waals surface area contributed by atoms with E-state index >= 15 is 0 Å². The number of hydrogen-bond donors (Lipinski definition) is 1. The van der Waals surface area contributed by atoms with Crippen molar-refractivity contribution in [1.29, 1.82) is 0 Å². The molecule has 3 aromatic rings. The van der Waals surface area contributed by atoms with Crippen molar-refractivity contribution in [1.82, 2.24) is 24.9 Å². The third kappa shape index (κ3) is 3.13. The molecule has 1 fully saturated rings. The van der Waals surface area contributed by atoms with Crippen LogP contribution in [0.25, 0.3) is 17.0 Å². The number of rotatable bonds is 4. The lowest BCUT2D eigenvalue weighted by Crippen LogP contribution is -2.48. The Hall–Kier alpha value is -3.30. The molecule has 26 heavy (non-hydrogen) atoms. The van der Waals surface area contributed by atoms with Crippen molar-refractivity contribution in [3.8, 4) is 17.0 Å². The van der Waals surface area contributed by atoms with Gasteiger partial charge in [-0.15, -0.1) is 0 Å². The largest absolute Gasteiger partial charge is 0.435 e. The summed E-state index contributed by atoms with van der Waals surface area (Å²) in [6, 6.07) is 7.97. The van der Waals surface area contributed by atoms with Crippen LogP contribution in [0.15, 0.2) is 36.7 Å². The molecule has 8 nitrogen and oxygen atoms in total. The minimum Gasteiger partial charge on any atom is -0.435 e. The molecule has 10 heteroatoms. The van der Waals surface area contributed by atoms with E-state index in [9.17, 15) is 13.6 Å². The molecule has 4 rings (SSSR count). The Bertz CT molecular complexity index is 944. The van der Waals surface area contributed by atoms with Crippen LogP contribution in [-0.2, 0) is 4.79 Å². The summed E-state index contributed by atoms with van der Waals surface area (Å²) in [7, 11) is 0. The van der Waals surface area contributed by atoms with Gasteiger partial charge in [0.1, 0.15) is 17.9 Å². The Balaban J connectivity index is 1.73. The molecule has 1 aliphatic heterocycles. The van der Waals surface area contributed by atoms with Crippen LogP contribution in [0, 0.1) is 0 Å². The summed E-state index contributed by atoms with van der Waals surface area (Å²) >= 11 is 0. The number of aromatic nitrogens is 4. The van der Waals surface area contributed by atoms with Gasteiger partial charge in [0.2, 0.25) is 5.91 Å².